The van der Waals surface area contributed by atoms with Crippen LogP contribution in [-0.2, 0) is 5.60 Å². The maximum atomic E-state index is 11.8. The van der Waals surface area contributed by atoms with Crippen LogP contribution in [0.1, 0.15) is 28.7 Å². The van der Waals surface area contributed by atoms with Gasteiger partial charge in [-0.15, -0.1) is 0 Å². The fourth-order valence-corrected chi connectivity index (χ4v) is 2.98. The molecule has 7 nitrogen and oxygen atoms in total. The first kappa shape index (κ1) is 18.3. The summed E-state index contributed by atoms with van der Waals surface area (Å²) in [6.45, 7) is 1.56. The third kappa shape index (κ3) is 3.57. The Kier molecular flexibility index (Phi) is 4.55. The van der Waals surface area contributed by atoms with Crippen molar-refractivity contribution in [1.29, 1.82) is 0 Å². The van der Waals surface area contributed by atoms with Crippen molar-refractivity contribution in [3.8, 4) is 17.5 Å². The maximum absolute atomic E-state index is 11.8. The van der Waals surface area contributed by atoms with Crippen LogP contribution in [0.15, 0.2) is 66.9 Å². The van der Waals surface area contributed by atoms with E-state index in [1.54, 1.807) is 29.8 Å². The highest BCUT2D eigenvalue weighted by molar-refractivity contribution is 6.04. The van der Waals surface area contributed by atoms with E-state index in [2.05, 4.69) is 27.1 Å². The minimum absolute atomic E-state index is 0.211. The first-order valence-corrected chi connectivity index (χ1v) is 8.87. The average molecular weight is 383 g/mol. The van der Waals surface area contributed by atoms with E-state index in [1.807, 2.05) is 42.5 Å². The number of primary amides is 1. The second-order valence-corrected chi connectivity index (χ2v) is 6.62. The molecule has 29 heavy (non-hydrogen) atoms. The predicted molar refractivity (Wildman–Crippen MR) is 108 cm³/mol. The summed E-state index contributed by atoms with van der Waals surface area (Å²) >= 11 is 0. The molecule has 0 saturated heterocycles. The number of carbonyl (C=O) groups is 1. The van der Waals surface area contributed by atoms with Crippen molar-refractivity contribution in [2.24, 2.45) is 5.73 Å². The van der Waals surface area contributed by atoms with Crippen molar-refractivity contribution in [2.45, 2.75) is 12.5 Å². The van der Waals surface area contributed by atoms with Crippen molar-refractivity contribution in [1.82, 2.24) is 20.0 Å². The van der Waals surface area contributed by atoms with Crippen LogP contribution in [0.25, 0.3) is 16.6 Å². The SMILES string of the molecule is C[C@@](O)(C#Cc1cccc(-n2nc(C(N)=O)c3ccccc32)c1)c1cccnn1. The van der Waals surface area contributed by atoms with Gasteiger partial charge in [-0.2, -0.15) is 15.3 Å². The zero-order valence-corrected chi connectivity index (χ0v) is 15.6. The summed E-state index contributed by atoms with van der Waals surface area (Å²) in [6.07, 6.45) is 1.53. The molecule has 0 aliphatic carbocycles. The Morgan fingerprint density at radius 1 is 1.14 bits per heavy atom. The Morgan fingerprint density at radius 2 is 1.97 bits per heavy atom. The van der Waals surface area contributed by atoms with E-state index >= 15 is 0 Å². The van der Waals surface area contributed by atoms with E-state index in [1.165, 1.54) is 6.20 Å². The number of para-hydroxylation sites is 1. The van der Waals surface area contributed by atoms with Gasteiger partial charge in [0.1, 0.15) is 5.69 Å². The first-order valence-electron chi connectivity index (χ1n) is 8.87. The van der Waals surface area contributed by atoms with Crippen LogP contribution in [-0.4, -0.2) is 31.0 Å². The van der Waals surface area contributed by atoms with E-state index in [0.29, 0.717) is 16.6 Å². The molecule has 4 aromatic rings. The van der Waals surface area contributed by atoms with Gasteiger partial charge in [0.2, 0.25) is 0 Å². The van der Waals surface area contributed by atoms with Crippen LogP contribution < -0.4 is 5.73 Å². The van der Waals surface area contributed by atoms with Gasteiger partial charge in [-0.3, -0.25) is 4.79 Å². The molecule has 0 unspecified atom stereocenters. The molecular formula is C22H17N5O2. The predicted octanol–water partition coefficient (Wildman–Crippen LogP) is 2.17. The molecule has 2 aromatic carbocycles. The summed E-state index contributed by atoms with van der Waals surface area (Å²) in [5.41, 5.74) is 6.77. The van der Waals surface area contributed by atoms with Gasteiger partial charge in [-0.1, -0.05) is 36.1 Å². The number of aromatic nitrogens is 4. The number of rotatable bonds is 3. The van der Waals surface area contributed by atoms with Crippen molar-refractivity contribution in [3.05, 3.63) is 83.8 Å². The van der Waals surface area contributed by atoms with Gasteiger partial charge in [-0.05, 0) is 43.3 Å². The molecule has 2 heterocycles. The Morgan fingerprint density at radius 3 is 2.72 bits per heavy atom. The van der Waals surface area contributed by atoms with Gasteiger partial charge in [0, 0.05) is 17.1 Å². The molecule has 142 valence electrons. The third-order valence-corrected chi connectivity index (χ3v) is 4.43. The number of amides is 1. The second-order valence-electron chi connectivity index (χ2n) is 6.62. The third-order valence-electron chi connectivity index (χ3n) is 4.43. The highest BCUT2D eigenvalue weighted by atomic mass is 16.3. The maximum Gasteiger partial charge on any atom is 0.269 e. The molecule has 1 amide bonds. The van der Waals surface area contributed by atoms with Crippen LogP contribution in [0.3, 0.4) is 0 Å². The smallest absolute Gasteiger partial charge is 0.269 e. The zero-order chi connectivity index (χ0) is 20.4. The fourth-order valence-electron chi connectivity index (χ4n) is 2.98. The lowest BCUT2D eigenvalue weighted by Gasteiger charge is -2.14. The molecule has 0 fully saturated rings. The molecule has 2 aromatic heterocycles. The van der Waals surface area contributed by atoms with E-state index in [0.717, 1.165) is 11.2 Å². The van der Waals surface area contributed by atoms with Gasteiger partial charge in [-0.25, -0.2) is 4.68 Å². The van der Waals surface area contributed by atoms with Crippen LogP contribution in [0.5, 0.6) is 0 Å². The molecule has 0 spiro atoms. The van der Waals surface area contributed by atoms with Crippen molar-refractivity contribution < 1.29 is 9.90 Å². The lowest BCUT2D eigenvalue weighted by atomic mass is 10.0. The van der Waals surface area contributed by atoms with Crippen LogP contribution in [0.4, 0.5) is 0 Å². The van der Waals surface area contributed by atoms with Gasteiger partial charge in [0.15, 0.2) is 11.3 Å². The van der Waals surface area contributed by atoms with Crippen LogP contribution in [0.2, 0.25) is 0 Å². The Balaban J connectivity index is 1.75. The summed E-state index contributed by atoms with van der Waals surface area (Å²) in [6, 6.07) is 18.1. The summed E-state index contributed by atoms with van der Waals surface area (Å²) in [5.74, 6) is 5.21. The standard InChI is InChI=1S/C22H17N5O2/c1-22(29,19-10-5-13-24-25-19)12-11-15-6-4-7-16(14-15)27-18-9-3-2-8-17(18)20(26-27)21(23)28/h2-10,13-14,29H,1H3,(H2,23,28)/t22-/m1/s1. The van der Waals surface area contributed by atoms with Crippen LogP contribution >= 0.6 is 0 Å². The van der Waals surface area contributed by atoms with Gasteiger partial charge in [0.05, 0.1) is 11.2 Å². The molecule has 4 rings (SSSR count). The highest BCUT2D eigenvalue weighted by Crippen LogP contribution is 2.22. The first-order chi connectivity index (χ1) is 14.0. The number of nitrogens with two attached hydrogens (primary N) is 1. The minimum atomic E-state index is -1.44. The van der Waals surface area contributed by atoms with E-state index in [-0.39, 0.29) is 5.69 Å². The Hall–Kier alpha value is -4.02. The minimum Gasteiger partial charge on any atom is -0.372 e. The molecule has 3 N–H and O–H groups in total. The topological polar surface area (TPSA) is 107 Å². The lowest BCUT2D eigenvalue weighted by Crippen LogP contribution is -2.20. The lowest BCUT2D eigenvalue weighted by molar-refractivity contribution is 0.0996. The molecule has 0 radical (unpaired) electrons. The summed E-state index contributed by atoms with van der Waals surface area (Å²) < 4.78 is 1.65. The Labute approximate surface area is 166 Å². The van der Waals surface area contributed by atoms with Gasteiger partial charge in [0.25, 0.3) is 5.91 Å². The van der Waals surface area contributed by atoms with Crippen molar-refractivity contribution in [2.75, 3.05) is 0 Å². The summed E-state index contributed by atoms with van der Waals surface area (Å²) in [7, 11) is 0. The number of aliphatic hydroxyl groups is 1. The van der Waals surface area contributed by atoms with Crippen molar-refractivity contribution in [3.63, 3.8) is 0 Å². The molecule has 0 aliphatic heterocycles. The molecule has 0 aliphatic rings. The van der Waals surface area contributed by atoms with Crippen molar-refractivity contribution >= 4 is 16.8 Å². The number of benzene rings is 2. The normalized spacial score (nSPS) is 12.8. The van der Waals surface area contributed by atoms with Crippen LogP contribution in [0, 0.1) is 11.8 Å². The largest absolute Gasteiger partial charge is 0.372 e. The molecule has 0 saturated carbocycles. The van der Waals surface area contributed by atoms with Gasteiger partial charge < -0.3 is 10.8 Å². The van der Waals surface area contributed by atoms with E-state index < -0.39 is 11.5 Å². The molecule has 7 heteroatoms. The number of nitrogens with zero attached hydrogens (tertiary/aromatic N) is 4. The summed E-state index contributed by atoms with van der Waals surface area (Å²) in [4.78, 5) is 11.8. The zero-order valence-electron chi connectivity index (χ0n) is 15.6. The monoisotopic (exact) mass is 383 g/mol. The van der Waals surface area contributed by atoms with E-state index in [4.69, 9.17) is 5.73 Å². The second kappa shape index (κ2) is 7.19. The quantitative estimate of drug-likeness (QED) is 0.527. The number of fused-ring (bicyclic) bond motifs is 1. The molecule has 0 bridgehead atoms. The van der Waals surface area contributed by atoms with E-state index in [9.17, 15) is 9.90 Å². The fraction of sp³-hybridized carbons (Fsp3) is 0.0909. The van der Waals surface area contributed by atoms with Gasteiger partial charge >= 0.3 is 0 Å². The number of carbonyl (C=O) groups excluding carboxylic acids is 1. The average Bonchev–Trinajstić information content (AvgIpc) is 3.13. The number of hydrogen-bond acceptors (Lipinski definition) is 5. The molecule has 1 atom stereocenters. The number of hydrogen-bond donors (Lipinski definition) is 2. The Bertz CT molecular complexity index is 1270. The highest BCUT2D eigenvalue weighted by Gasteiger charge is 2.22. The molecular weight excluding hydrogens is 366 g/mol. The summed E-state index contributed by atoms with van der Waals surface area (Å²) in [5, 5.41) is 23.4.